The maximum Gasteiger partial charge on any atom is 0.410 e. The van der Waals surface area contributed by atoms with E-state index in [9.17, 15) is 4.79 Å². The SMILES string of the molecule is COC1CN(C(=O)OCc2ccccc2)CC1N(C)C. The van der Waals surface area contributed by atoms with Crippen molar-refractivity contribution >= 4 is 6.09 Å². The summed E-state index contributed by atoms with van der Waals surface area (Å²) < 4.78 is 10.8. The predicted molar refractivity (Wildman–Crippen MR) is 76.5 cm³/mol. The van der Waals surface area contributed by atoms with Crippen LogP contribution in [0.15, 0.2) is 30.3 Å². The van der Waals surface area contributed by atoms with Crippen molar-refractivity contribution in [1.82, 2.24) is 9.80 Å². The lowest BCUT2D eigenvalue weighted by atomic mass is 10.2. The summed E-state index contributed by atoms with van der Waals surface area (Å²) in [6, 6.07) is 9.90. The van der Waals surface area contributed by atoms with Gasteiger partial charge in [-0.25, -0.2) is 4.79 Å². The van der Waals surface area contributed by atoms with E-state index in [2.05, 4.69) is 4.90 Å². The van der Waals surface area contributed by atoms with Gasteiger partial charge < -0.3 is 19.3 Å². The van der Waals surface area contributed by atoms with E-state index in [1.807, 2.05) is 44.4 Å². The Morgan fingerprint density at radius 3 is 2.55 bits per heavy atom. The minimum atomic E-state index is -0.278. The van der Waals surface area contributed by atoms with E-state index in [4.69, 9.17) is 9.47 Å². The van der Waals surface area contributed by atoms with Crippen LogP contribution in [0.5, 0.6) is 0 Å². The standard InChI is InChI=1S/C15H22N2O3/c1-16(2)13-9-17(10-14(13)19-3)15(18)20-11-12-7-5-4-6-8-12/h4-8,13-14H,9-11H2,1-3H3. The number of carbonyl (C=O) groups is 1. The molecule has 5 heteroatoms. The van der Waals surface area contributed by atoms with Gasteiger partial charge in [-0.15, -0.1) is 0 Å². The van der Waals surface area contributed by atoms with Crippen LogP contribution in [0.2, 0.25) is 0 Å². The fraction of sp³-hybridized carbons (Fsp3) is 0.533. The average molecular weight is 278 g/mol. The molecule has 5 nitrogen and oxygen atoms in total. The third-order valence-corrected chi connectivity index (χ3v) is 3.67. The molecule has 1 aromatic carbocycles. The van der Waals surface area contributed by atoms with Crippen molar-refractivity contribution in [2.45, 2.75) is 18.8 Å². The van der Waals surface area contributed by atoms with E-state index < -0.39 is 0 Å². The van der Waals surface area contributed by atoms with Crippen molar-refractivity contribution < 1.29 is 14.3 Å². The number of rotatable bonds is 4. The van der Waals surface area contributed by atoms with Crippen LogP contribution >= 0.6 is 0 Å². The zero-order valence-corrected chi connectivity index (χ0v) is 12.3. The van der Waals surface area contributed by atoms with Crippen LogP contribution in [0.1, 0.15) is 5.56 Å². The van der Waals surface area contributed by atoms with Crippen LogP contribution in [-0.4, -0.2) is 62.3 Å². The number of nitrogens with zero attached hydrogens (tertiary/aromatic N) is 2. The van der Waals surface area contributed by atoms with Gasteiger partial charge in [-0.1, -0.05) is 30.3 Å². The number of hydrogen-bond acceptors (Lipinski definition) is 4. The number of benzene rings is 1. The van der Waals surface area contributed by atoms with Crippen molar-refractivity contribution in [3.8, 4) is 0 Å². The topological polar surface area (TPSA) is 42.0 Å². The highest BCUT2D eigenvalue weighted by atomic mass is 16.6. The normalized spacial score (nSPS) is 22.3. The summed E-state index contributed by atoms with van der Waals surface area (Å²) in [6.45, 7) is 1.52. The van der Waals surface area contributed by atoms with Crippen molar-refractivity contribution in [3.63, 3.8) is 0 Å². The Morgan fingerprint density at radius 2 is 2.00 bits per heavy atom. The van der Waals surface area contributed by atoms with Gasteiger partial charge in [0.1, 0.15) is 6.61 Å². The first-order valence-electron chi connectivity index (χ1n) is 6.76. The molecule has 0 spiro atoms. The zero-order chi connectivity index (χ0) is 14.5. The molecule has 1 amide bonds. The highest BCUT2D eigenvalue weighted by Gasteiger charge is 2.37. The monoisotopic (exact) mass is 278 g/mol. The molecule has 1 heterocycles. The molecule has 2 rings (SSSR count). The summed E-state index contributed by atoms with van der Waals surface area (Å²) in [4.78, 5) is 15.9. The van der Waals surface area contributed by atoms with Gasteiger partial charge in [0.15, 0.2) is 0 Å². The van der Waals surface area contributed by atoms with E-state index in [1.54, 1.807) is 12.0 Å². The molecular weight excluding hydrogens is 256 g/mol. The van der Waals surface area contributed by atoms with Crippen LogP contribution < -0.4 is 0 Å². The summed E-state index contributed by atoms with van der Waals surface area (Å²) in [6.07, 6.45) is -0.241. The van der Waals surface area contributed by atoms with Gasteiger partial charge in [-0.3, -0.25) is 0 Å². The smallest absolute Gasteiger partial charge is 0.410 e. The molecule has 20 heavy (non-hydrogen) atoms. The second-order valence-electron chi connectivity index (χ2n) is 5.25. The molecule has 1 aliphatic rings. The molecule has 110 valence electrons. The van der Waals surface area contributed by atoms with E-state index in [0.717, 1.165) is 5.56 Å². The second kappa shape index (κ2) is 6.72. The minimum absolute atomic E-state index is 0.0364. The number of amides is 1. The Balaban J connectivity index is 1.87. The number of ether oxygens (including phenoxy) is 2. The third-order valence-electron chi connectivity index (χ3n) is 3.67. The lowest BCUT2D eigenvalue weighted by molar-refractivity contribution is 0.0594. The summed E-state index contributed by atoms with van der Waals surface area (Å²) in [7, 11) is 5.67. The van der Waals surface area contributed by atoms with Crippen molar-refractivity contribution in [3.05, 3.63) is 35.9 Å². The van der Waals surface area contributed by atoms with Gasteiger partial charge >= 0.3 is 6.09 Å². The van der Waals surface area contributed by atoms with Gasteiger partial charge in [0.25, 0.3) is 0 Å². The summed E-state index contributed by atoms with van der Waals surface area (Å²) >= 11 is 0. The van der Waals surface area contributed by atoms with E-state index in [0.29, 0.717) is 19.7 Å². The fourth-order valence-corrected chi connectivity index (χ4v) is 2.44. The van der Waals surface area contributed by atoms with Gasteiger partial charge in [0, 0.05) is 13.7 Å². The molecule has 1 aromatic rings. The largest absolute Gasteiger partial charge is 0.445 e. The zero-order valence-electron chi connectivity index (χ0n) is 12.3. The maximum atomic E-state index is 12.1. The van der Waals surface area contributed by atoms with Crippen molar-refractivity contribution in [2.75, 3.05) is 34.3 Å². The molecule has 0 radical (unpaired) electrons. The first-order valence-corrected chi connectivity index (χ1v) is 6.76. The van der Waals surface area contributed by atoms with Crippen LogP contribution in [0.25, 0.3) is 0 Å². The molecule has 1 saturated heterocycles. The molecule has 2 unspecified atom stereocenters. The molecule has 0 bridgehead atoms. The van der Waals surface area contributed by atoms with E-state index in [1.165, 1.54) is 0 Å². The number of likely N-dealkylation sites (tertiary alicyclic amines) is 1. The number of likely N-dealkylation sites (N-methyl/N-ethyl adjacent to an activating group) is 1. The van der Waals surface area contributed by atoms with Gasteiger partial charge in [0.2, 0.25) is 0 Å². The van der Waals surface area contributed by atoms with Gasteiger partial charge in [0.05, 0.1) is 18.7 Å². The number of carbonyl (C=O) groups excluding carboxylic acids is 1. The number of methoxy groups -OCH3 is 1. The highest BCUT2D eigenvalue weighted by Crippen LogP contribution is 2.18. The molecule has 1 fully saturated rings. The molecule has 0 aliphatic carbocycles. The predicted octanol–water partition coefficient (Wildman–Crippen LogP) is 1.58. The lowest BCUT2D eigenvalue weighted by Gasteiger charge is -2.23. The number of hydrogen-bond donors (Lipinski definition) is 0. The average Bonchev–Trinajstić information content (AvgIpc) is 2.90. The molecule has 0 aromatic heterocycles. The van der Waals surface area contributed by atoms with Crippen LogP contribution in [0, 0.1) is 0 Å². The van der Waals surface area contributed by atoms with Crippen molar-refractivity contribution in [2.24, 2.45) is 0 Å². The fourth-order valence-electron chi connectivity index (χ4n) is 2.44. The van der Waals surface area contributed by atoms with Crippen LogP contribution in [-0.2, 0) is 16.1 Å². The molecular formula is C15H22N2O3. The Kier molecular flexibility index (Phi) is 4.98. The summed E-state index contributed by atoms with van der Waals surface area (Å²) in [5.74, 6) is 0. The molecule has 1 aliphatic heterocycles. The summed E-state index contributed by atoms with van der Waals surface area (Å²) in [5.41, 5.74) is 0.993. The minimum Gasteiger partial charge on any atom is -0.445 e. The summed E-state index contributed by atoms with van der Waals surface area (Å²) in [5, 5.41) is 0. The van der Waals surface area contributed by atoms with Crippen LogP contribution in [0.3, 0.4) is 0 Å². The Morgan fingerprint density at radius 1 is 1.30 bits per heavy atom. The molecule has 0 N–H and O–H groups in total. The Bertz CT molecular complexity index is 436. The second-order valence-corrected chi connectivity index (χ2v) is 5.25. The van der Waals surface area contributed by atoms with Crippen LogP contribution in [0.4, 0.5) is 4.79 Å². The van der Waals surface area contributed by atoms with Gasteiger partial charge in [-0.05, 0) is 19.7 Å². The Hall–Kier alpha value is -1.59. The van der Waals surface area contributed by atoms with E-state index in [-0.39, 0.29) is 18.2 Å². The lowest BCUT2D eigenvalue weighted by Crippen LogP contribution is -2.39. The van der Waals surface area contributed by atoms with Crippen molar-refractivity contribution in [1.29, 1.82) is 0 Å². The van der Waals surface area contributed by atoms with E-state index >= 15 is 0 Å². The van der Waals surface area contributed by atoms with Gasteiger partial charge in [-0.2, -0.15) is 0 Å². The molecule has 2 atom stereocenters. The highest BCUT2D eigenvalue weighted by molar-refractivity contribution is 5.68. The third kappa shape index (κ3) is 3.49. The first-order chi connectivity index (χ1) is 9.61. The quantitative estimate of drug-likeness (QED) is 0.838. The maximum absolute atomic E-state index is 12.1. The molecule has 0 saturated carbocycles. The Labute approximate surface area is 120 Å². The first kappa shape index (κ1) is 14.8.